The lowest BCUT2D eigenvalue weighted by atomic mass is 10.0. The van der Waals surface area contributed by atoms with Crippen molar-refractivity contribution in [2.45, 2.75) is 44.4 Å². The molecule has 34 heavy (non-hydrogen) atoms. The van der Waals surface area contributed by atoms with E-state index in [4.69, 9.17) is 5.73 Å². The molecule has 0 aliphatic heterocycles. The molecule has 0 fully saturated rings. The highest BCUT2D eigenvalue weighted by Gasteiger charge is 2.33. The lowest BCUT2D eigenvalue weighted by molar-refractivity contribution is -0.127. The highest BCUT2D eigenvalue weighted by atomic mass is 32.1. The fourth-order valence-corrected chi connectivity index (χ4v) is 3.72. The Kier molecular flexibility index (Phi) is 10.6. The quantitative estimate of drug-likeness (QED) is 0.289. The van der Waals surface area contributed by atoms with E-state index in [-0.39, 0.29) is 11.8 Å². The van der Waals surface area contributed by atoms with E-state index in [1.807, 2.05) is 19.9 Å². The molecular weight excluding hydrogens is 452 g/mol. The standard InChI is InChI=1S/C25H32N4O4S/c1-17(2)16-20(28-25(26)33)23(31)29(19-12-7-4-8-13-19)24(32)21(34)14-9-15-27-22(30)18-10-5-3-6-11-18/h3-8,10-13,17,20-21,34H,9,14-16H2,1-2H3,(H,27,30)(H3,26,28,33)/t20-,21?/m0/s1. The van der Waals surface area contributed by atoms with Crippen LogP contribution in [0.1, 0.15) is 43.5 Å². The Hall–Kier alpha value is -3.33. The van der Waals surface area contributed by atoms with Gasteiger partial charge in [0.1, 0.15) is 6.04 Å². The molecule has 9 heteroatoms. The summed E-state index contributed by atoms with van der Waals surface area (Å²) < 4.78 is 0. The number of primary amides is 1. The van der Waals surface area contributed by atoms with Crippen LogP contribution >= 0.6 is 12.6 Å². The van der Waals surface area contributed by atoms with Crippen molar-refractivity contribution in [1.29, 1.82) is 0 Å². The number of nitrogens with zero attached hydrogens (tertiary/aromatic N) is 1. The number of carbonyl (C=O) groups is 4. The van der Waals surface area contributed by atoms with E-state index >= 15 is 0 Å². The van der Waals surface area contributed by atoms with Crippen LogP contribution in [0.5, 0.6) is 0 Å². The van der Waals surface area contributed by atoms with Crippen LogP contribution in [0.3, 0.4) is 0 Å². The summed E-state index contributed by atoms with van der Waals surface area (Å²) in [5, 5.41) is 4.48. The van der Waals surface area contributed by atoms with Crippen LogP contribution in [0.25, 0.3) is 0 Å². The fraction of sp³-hybridized carbons (Fsp3) is 0.360. The van der Waals surface area contributed by atoms with Gasteiger partial charge in [-0.2, -0.15) is 12.6 Å². The molecule has 0 saturated heterocycles. The Morgan fingerprint density at radius 3 is 2.09 bits per heavy atom. The molecule has 8 nitrogen and oxygen atoms in total. The van der Waals surface area contributed by atoms with Crippen molar-refractivity contribution in [2.75, 3.05) is 11.4 Å². The summed E-state index contributed by atoms with van der Waals surface area (Å²) in [6.45, 7) is 4.17. The van der Waals surface area contributed by atoms with Crippen molar-refractivity contribution in [1.82, 2.24) is 10.6 Å². The number of rotatable bonds is 11. The Bertz CT molecular complexity index is 969. The molecular formula is C25H32N4O4S. The van der Waals surface area contributed by atoms with Gasteiger partial charge in [0, 0.05) is 12.1 Å². The zero-order valence-electron chi connectivity index (χ0n) is 19.4. The second kappa shape index (κ2) is 13.4. The topological polar surface area (TPSA) is 122 Å². The molecule has 0 aliphatic carbocycles. The minimum atomic E-state index is -0.952. The molecule has 0 saturated carbocycles. The van der Waals surface area contributed by atoms with Crippen molar-refractivity contribution < 1.29 is 19.2 Å². The molecule has 0 heterocycles. The van der Waals surface area contributed by atoms with Crippen molar-refractivity contribution >= 4 is 42.1 Å². The largest absolute Gasteiger partial charge is 0.352 e. The van der Waals surface area contributed by atoms with Crippen molar-refractivity contribution in [3.8, 4) is 0 Å². The van der Waals surface area contributed by atoms with E-state index in [1.165, 1.54) is 0 Å². The molecule has 0 aliphatic rings. The lowest BCUT2D eigenvalue weighted by Crippen LogP contribution is -2.54. The number of nitrogens with one attached hydrogen (secondary N) is 2. The molecule has 2 aromatic carbocycles. The van der Waals surface area contributed by atoms with Crippen LogP contribution in [0.15, 0.2) is 60.7 Å². The number of carbonyl (C=O) groups excluding carboxylic acids is 4. The van der Waals surface area contributed by atoms with E-state index in [0.717, 1.165) is 4.90 Å². The molecule has 1 unspecified atom stereocenters. The summed E-state index contributed by atoms with van der Waals surface area (Å²) >= 11 is 4.44. The second-order valence-electron chi connectivity index (χ2n) is 8.32. The molecule has 2 atom stereocenters. The van der Waals surface area contributed by atoms with Crippen LogP contribution in [0, 0.1) is 5.92 Å². The van der Waals surface area contributed by atoms with Gasteiger partial charge in [0.2, 0.25) is 5.91 Å². The first-order valence-electron chi connectivity index (χ1n) is 11.2. The maximum atomic E-state index is 13.4. The second-order valence-corrected chi connectivity index (χ2v) is 8.94. The van der Waals surface area contributed by atoms with Gasteiger partial charge in [0.15, 0.2) is 0 Å². The molecule has 4 N–H and O–H groups in total. The summed E-state index contributed by atoms with van der Waals surface area (Å²) in [6.07, 6.45) is 1.15. The Balaban J connectivity index is 2.08. The van der Waals surface area contributed by atoms with Crippen LogP contribution in [-0.2, 0) is 9.59 Å². The van der Waals surface area contributed by atoms with Gasteiger partial charge in [-0.05, 0) is 49.4 Å². The Morgan fingerprint density at radius 2 is 1.53 bits per heavy atom. The number of thiol groups is 1. The van der Waals surface area contributed by atoms with Gasteiger partial charge < -0.3 is 16.4 Å². The molecule has 0 aromatic heterocycles. The SMILES string of the molecule is CC(C)C[C@H](NC(N)=O)C(=O)N(C(=O)C(S)CCCNC(=O)c1ccccc1)c1ccccc1. The molecule has 0 bridgehead atoms. The van der Waals surface area contributed by atoms with Gasteiger partial charge in [-0.3, -0.25) is 14.4 Å². The van der Waals surface area contributed by atoms with E-state index in [9.17, 15) is 19.2 Å². The molecule has 2 rings (SSSR count). The number of anilines is 1. The summed E-state index contributed by atoms with van der Waals surface area (Å²) in [4.78, 5) is 51.4. The first kappa shape index (κ1) is 26.9. The number of nitrogens with two attached hydrogens (primary N) is 1. The maximum absolute atomic E-state index is 13.4. The van der Waals surface area contributed by atoms with Crippen LogP contribution in [-0.4, -0.2) is 41.6 Å². The van der Waals surface area contributed by atoms with Crippen LogP contribution < -0.4 is 21.3 Å². The minimum absolute atomic E-state index is 0.0774. The highest BCUT2D eigenvalue weighted by molar-refractivity contribution is 7.81. The third-order valence-electron chi connectivity index (χ3n) is 5.04. The summed E-state index contributed by atoms with van der Waals surface area (Å²) in [5.74, 6) is -1.19. The zero-order chi connectivity index (χ0) is 25.1. The smallest absolute Gasteiger partial charge is 0.312 e. The normalized spacial score (nSPS) is 12.5. The van der Waals surface area contributed by atoms with E-state index in [2.05, 4.69) is 23.3 Å². The van der Waals surface area contributed by atoms with Crippen LogP contribution in [0.4, 0.5) is 10.5 Å². The third-order valence-corrected chi connectivity index (χ3v) is 5.52. The lowest BCUT2D eigenvalue weighted by Gasteiger charge is -2.28. The third kappa shape index (κ3) is 8.22. The first-order chi connectivity index (χ1) is 16.2. The van der Waals surface area contributed by atoms with Gasteiger partial charge in [0.05, 0.1) is 10.9 Å². The predicted octanol–water partition coefficient (Wildman–Crippen LogP) is 3.14. The predicted molar refractivity (Wildman–Crippen MR) is 136 cm³/mol. The van der Waals surface area contributed by atoms with Gasteiger partial charge >= 0.3 is 6.03 Å². The Morgan fingerprint density at radius 1 is 0.941 bits per heavy atom. The van der Waals surface area contributed by atoms with Gasteiger partial charge in [-0.15, -0.1) is 0 Å². The minimum Gasteiger partial charge on any atom is -0.352 e. The number of para-hydroxylation sites is 1. The number of urea groups is 1. The molecule has 0 radical (unpaired) electrons. The molecule has 0 spiro atoms. The fourth-order valence-electron chi connectivity index (χ4n) is 3.42. The number of imide groups is 1. The average Bonchev–Trinajstić information content (AvgIpc) is 2.81. The molecule has 5 amide bonds. The maximum Gasteiger partial charge on any atom is 0.312 e. The van der Waals surface area contributed by atoms with E-state index in [1.54, 1.807) is 54.6 Å². The van der Waals surface area contributed by atoms with Crippen molar-refractivity contribution in [2.24, 2.45) is 11.7 Å². The van der Waals surface area contributed by atoms with Crippen LogP contribution in [0.2, 0.25) is 0 Å². The molecule has 182 valence electrons. The zero-order valence-corrected chi connectivity index (χ0v) is 20.3. The number of hydrogen-bond donors (Lipinski definition) is 4. The summed E-state index contributed by atoms with van der Waals surface area (Å²) in [7, 11) is 0. The monoisotopic (exact) mass is 484 g/mol. The van der Waals surface area contributed by atoms with Gasteiger partial charge in [-0.25, -0.2) is 9.69 Å². The molecule has 2 aromatic rings. The summed E-state index contributed by atoms with van der Waals surface area (Å²) in [5.41, 5.74) is 6.21. The van der Waals surface area contributed by atoms with Crippen molar-refractivity contribution in [3.63, 3.8) is 0 Å². The van der Waals surface area contributed by atoms with Gasteiger partial charge in [0.25, 0.3) is 11.8 Å². The first-order valence-corrected chi connectivity index (χ1v) is 11.7. The van der Waals surface area contributed by atoms with E-state index in [0.29, 0.717) is 37.1 Å². The Labute approximate surface area is 205 Å². The summed E-state index contributed by atoms with van der Waals surface area (Å²) in [6, 6.07) is 15.6. The number of benzene rings is 2. The van der Waals surface area contributed by atoms with Gasteiger partial charge in [-0.1, -0.05) is 50.2 Å². The highest BCUT2D eigenvalue weighted by Crippen LogP contribution is 2.21. The van der Waals surface area contributed by atoms with E-state index < -0.39 is 29.1 Å². The number of amides is 5. The number of hydrogen-bond acceptors (Lipinski definition) is 5. The van der Waals surface area contributed by atoms with Crippen molar-refractivity contribution in [3.05, 3.63) is 66.2 Å². The average molecular weight is 485 g/mol.